The molecule has 0 saturated heterocycles. The third-order valence-electron chi connectivity index (χ3n) is 2.21. The van der Waals surface area contributed by atoms with E-state index in [1.54, 1.807) is 7.11 Å². The van der Waals surface area contributed by atoms with Gasteiger partial charge in [-0.3, -0.25) is 0 Å². The minimum atomic E-state index is 0.251. The standard InChI is InChI=1S/C12H11ClN2O/c1-8-7-10(15-12(13)14-8)9-5-3-4-6-11(9)16-2/h3-7H,1-2H3. The highest BCUT2D eigenvalue weighted by atomic mass is 35.5. The molecule has 0 aliphatic heterocycles. The number of halogens is 1. The molecule has 3 nitrogen and oxygen atoms in total. The maximum Gasteiger partial charge on any atom is 0.223 e. The second-order valence-corrected chi connectivity index (χ2v) is 3.70. The summed E-state index contributed by atoms with van der Waals surface area (Å²) in [4.78, 5) is 8.22. The monoisotopic (exact) mass is 234 g/mol. The van der Waals surface area contributed by atoms with Crippen molar-refractivity contribution >= 4 is 11.6 Å². The predicted octanol–water partition coefficient (Wildman–Crippen LogP) is 3.11. The van der Waals surface area contributed by atoms with Crippen LogP contribution in [0.15, 0.2) is 30.3 Å². The summed E-state index contributed by atoms with van der Waals surface area (Å²) in [6, 6.07) is 9.56. The van der Waals surface area contributed by atoms with Crippen molar-refractivity contribution in [3.63, 3.8) is 0 Å². The van der Waals surface area contributed by atoms with E-state index in [-0.39, 0.29) is 5.28 Å². The van der Waals surface area contributed by atoms with Gasteiger partial charge in [-0.25, -0.2) is 9.97 Å². The van der Waals surface area contributed by atoms with Crippen LogP contribution in [0, 0.1) is 6.92 Å². The summed E-state index contributed by atoms with van der Waals surface area (Å²) in [5, 5.41) is 0.251. The van der Waals surface area contributed by atoms with E-state index in [1.165, 1.54) is 0 Å². The van der Waals surface area contributed by atoms with E-state index in [0.29, 0.717) is 0 Å². The largest absolute Gasteiger partial charge is 0.496 e. The summed E-state index contributed by atoms with van der Waals surface area (Å²) in [6.07, 6.45) is 0. The summed E-state index contributed by atoms with van der Waals surface area (Å²) < 4.78 is 5.28. The molecular weight excluding hydrogens is 224 g/mol. The van der Waals surface area contributed by atoms with E-state index in [0.717, 1.165) is 22.7 Å². The Morgan fingerprint density at radius 1 is 1.19 bits per heavy atom. The number of aryl methyl sites for hydroxylation is 1. The van der Waals surface area contributed by atoms with E-state index in [2.05, 4.69) is 9.97 Å². The molecule has 0 aliphatic carbocycles. The van der Waals surface area contributed by atoms with Crippen LogP contribution in [-0.2, 0) is 0 Å². The van der Waals surface area contributed by atoms with Gasteiger partial charge in [0.05, 0.1) is 12.8 Å². The minimum Gasteiger partial charge on any atom is -0.496 e. The Labute approximate surface area is 99.1 Å². The Bertz CT molecular complexity index is 494. The molecule has 0 N–H and O–H groups in total. The lowest BCUT2D eigenvalue weighted by Crippen LogP contribution is -1.93. The number of methoxy groups -OCH3 is 1. The van der Waals surface area contributed by atoms with Crippen molar-refractivity contribution in [2.75, 3.05) is 7.11 Å². The number of hydrogen-bond donors (Lipinski definition) is 0. The Morgan fingerprint density at radius 3 is 2.62 bits per heavy atom. The van der Waals surface area contributed by atoms with Gasteiger partial charge in [0.25, 0.3) is 0 Å². The quantitative estimate of drug-likeness (QED) is 0.749. The van der Waals surface area contributed by atoms with Gasteiger partial charge >= 0.3 is 0 Å². The molecule has 2 rings (SSSR count). The number of ether oxygens (including phenoxy) is 1. The fourth-order valence-electron chi connectivity index (χ4n) is 1.53. The molecule has 82 valence electrons. The first-order valence-corrected chi connectivity index (χ1v) is 5.23. The molecule has 0 aliphatic rings. The summed E-state index contributed by atoms with van der Waals surface area (Å²) in [6.45, 7) is 1.88. The lowest BCUT2D eigenvalue weighted by molar-refractivity contribution is 0.416. The summed E-state index contributed by atoms with van der Waals surface area (Å²) in [5.74, 6) is 0.775. The molecule has 0 bridgehead atoms. The van der Waals surface area contributed by atoms with Crippen molar-refractivity contribution in [1.82, 2.24) is 9.97 Å². The number of hydrogen-bond acceptors (Lipinski definition) is 3. The van der Waals surface area contributed by atoms with E-state index in [4.69, 9.17) is 16.3 Å². The van der Waals surface area contributed by atoms with Crippen molar-refractivity contribution in [3.8, 4) is 17.0 Å². The number of nitrogens with zero attached hydrogens (tertiary/aromatic N) is 2. The van der Waals surface area contributed by atoms with Gasteiger partial charge in [-0.05, 0) is 36.7 Å². The highest BCUT2D eigenvalue weighted by Gasteiger charge is 2.07. The van der Waals surface area contributed by atoms with Crippen LogP contribution in [0.25, 0.3) is 11.3 Å². The molecule has 0 radical (unpaired) electrons. The van der Waals surface area contributed by atoms with Crippen molar-refractivity contribution in [2.45, 2.75) is 6.92 Å². The van der Waals surface area contributed by atoms with E-state index < -0.39 is 0 Å². The molecule has 1 heterocycles. The molecule has 0 spiro atoms. The van der Waals surface area contributed by atoms with E-state index in [1.807, 2.05) is 37.3 Å². The molecule has 4 heteroatoms. The summed E-state index contributed by atoms with van der Waals surface area (Å²) >= 11 is 5.83. The third-order valence-corrected chi connectivity index (χ3v) is 2.38. The van der Waals surface area contributed by atoms with Crippen LogP contribution in [-0.4, -0.2) is 17.1 Å². The van der Waals surface area contributed by atoms with Crippen LogP contribution in [0.2, 0.25) is 5.28 Å². The van der Waals surface area contributed by atoms with Crippen LogP contribution < -0.4 is 4.74 Å². The molecule has 1 aromatic heterocycles. The highest BCUT2D eigenvalue weighted by molar-refractivity contribution is 6.28. The van der Waals surface area contributed by atoms with E-state index in [9.17, 15) is 0 Å². The highest BCUT2D eigenvalue weighted by Crippen LogP contribution is 2.28. The van der Waals surface area contributed by atoms with Crippen LogP contribution in [0.4, 0.5) is 0 Å². The van der Waals surface area contributed by atoms with Gasteiger partial charge in [-0.2, -0.15) is 0 Å². The Morgan fingerprint density at radius 2 is 1.94 bits per heavy atom. The lowest BCUT2D eigenvalue weighted by atomic mass is 10.1. The summed E-state index contributed by atoms with van der Waals surface area (Å²) in [7, 11) is 1.63. The molecular formula is C12H11ClN2O. The molecule has 0 fully saturated rings. The molecule has 16 heavy (non-hydrogen) atoms. The topological polar surface area (TPSA) is 35.0 Å². The maximum absolute atomic E-state index is 5.83. The zero-order valence-electron chi connectivity index (χ0n) is 9.07. The lowest BCUT2D eigenvalue weighted by Gasteiger charge is -2.07. The average molecular weight is 235 g/mol. The number of rotatable bonds is 2. The van der Waals surface area contributed by atoms with Crippen molar-refractivity contribution < 1.29 is 4.74 Å². The molecule has 2 aromatic rings. The second kappa shape index (κ2) is 4.49. The van der Waals surface area contributed by atoms with Crippen molar-refractivity contribution in [2.24, 2.45) is 0 Å². The number of benzene rings is 1. The van der Waals surface area contributed by atoms with Gasteiger partial charge in [0.1, 0.15) is 5.75 Å². The molecule has 0 amide bonds. The van der Waals surface area contributed by atoms with Gasteiger partial charge in [0.15, 0.2) is 0 Å². The smallest absolute Gasteiger partial charge is 0.223 e. The van der Waals surface area contributed by atoms with Crippen molar-refractivity contribution in [1.29, 1.82) is 0 Å². The molecule has 1 aromatic carbocycles. The minimum absolute atomic E-state index is 0.251. The van der Waals surface area contributed by atoms with Gasteiger partial charge in [-0.1, -0.05) is 12.1 Å². The first-order chi connectivity index (χ1) is 7.70. The number of para-hydroxylation sites is 1. The van der Waals surface area contributed by atoms with Gasteiger partial charge in [0.2, 0.25) is 5.28 Å². The van der Waals surface area contributed by atoms with Crippen molar-refractivity contribution in [3.05, 3.63) is 41.3 Å². The van der Waals surface area contributed by atoms with Crippen LogP contribution in [0.1, 0.15) is 5.69 Å². The second-order valence-electron chi connectivity index (χ2n) is 3.36. The van der Waals surface area contributed by atoms with Gasteiger partial charge < -0.3 is 4.74 Å². The van der Waals surface area contributed by atoms with E-state index >= 15 is 0 Å². The molecule has 0 saturated carbocycles. The fraction of sp³-hybridized carbons (Fsp3) is 0.167. The summed E-state index contributed by atoms with van der Waals surface area (Å²) in [5.41, 5.74) is 2.52. The Kier molecular flexibility index (Phi) is 3.06. The van der Waals surface area contributed by atoms with Gasteiger partial charge in [-0.15, -0.1) is 0 Å². The van der Waals surface area contributed by atoms with Crippen LogP contribution in [0.5, 0.6) is 5.75 Å². The van der Waals surface area contributed by atoms with Crippen LogP contribution >= 0.6 is 11.6 Å². The SMILES string of the molecule is COc1ccccc1-c1cc(C)nc(Cl)n1. The van der Waals surface area contributed by atoms with Crippen LogP contribution in [0.3, 0.4) is 0 Å². The molecule has 0 unspecified atom stereocenters. The zero-order valence-corrected chi connectivity index (χ0v) is 9.82. The first kappa shape index (κ1) is 10.9. The predicted molar refractivity (Wildman–Crippen MR) is 63.8 cm³/mol. The Hall–Kier alpha value is -1.61. The third kappa shape index (κ3) is 2.14. The normalized spacial score (nSPS) is 10.2. The maximum atomic E-state index is 5.83. The average Bonchev–Trinajstić information content (AvgIpc) is 2.27. The number of aromatic nitrogens is 2. The zero-order chi connectivity index (χ0) is 11.5. The molecule has 0 atom stereocenters. The fourth-order valence-corrected chi connectivity index (χ4v) is 1.75. The van der Waals surface area contributed by atoms with Gasteiger partial charge in [0, 0.05) is 11.3 Å². The Balaban J connectivity index is 2.58. The first-order valence-electron chi connectivity index (χ1n) is 4.85.